The van der Waals surface area contributed by atoms with Gasteiger partial charge in [0.05, 0.1) is 12.5 Å². The summed E-state index contributed by atoms with van der Waals surface area (Å²) in [6.07, 6.45) is 7.51. The van der Waals surface area contributed by atoms with Crippen molar-refractivity contribution in [2.24, 2.45) is 10.4 Å². The molecule has 2 nitrogen and oxygen atoms in total. The van der Waals surface area contributed by atoms with E-state index in [9.17, 15) is 0 Å². The van der Waals surface area contributed by atoms with E-state index in [0.717, 1.165) is 10.6 Å². The minimum absolute atomic E-state index is 0.0195. The van der Waals surface area contributed by atoms with E-state index in [2.05, 4.69) is 24.9 Å². The van der Waals surface area contributed by atoms with Gasteiger partial charge in [0.1, 0.15) is 0 Å². The molecule has 1 aromatic rings. The maximum atomic E-state index is 5.23. The Kier molecular flexibility index (Phi) is 3.28. The van der Waals surface area contributed by atoms with Crippen LogP contribution in [0.1, 0.15) is 27.7 Å². The van der Waals surface area contributed by atoms with Crippen molar-refractivity contribution in [3.63, 3.8) is 0 Å². The summed E-state index contributed by atoms with van der Waals surface area (Å²) >= 11 is 0. The molecular weight excluding hydrogens is 174 g/mol. The van der Waals surface area contributed by atoms with Crippen LogP contribution in [0.25, 0.3) is 12.3 Å². The molecule has 0 amide bonds. The second-order valence-corrected chi connectivity index (χ2v) is 3.61. The Morgan fingerprint density at radius 1 is 1.29 bits per heavy atom. The first-order valence-electron chi connectivity index (χ1n) is 4.98. The Hall–Kier alpha value is -1.31. The van der Waals surface area contributed by atoms with E-state index < -0.39 is 0 Å². The predicted octanol–water partition coefficient (Wildman–Crippen LogP) is 1.93. The van der Waals surface area contributed by atoms with E-state index in [4.69, 9.17) is 4.42 Å². The van der Waals surface area contributed by atoms with Gasteiger partial charge in [-0.15, -0.1) is 0 Å². The van der Waals surface area contributed by atoms with Gasteiger partial charge in [0, 0.05) is 16.8 Å². The minimum atomic E-state index is 0.0195. The third-order valence-electron chi connectivity index (χ3n) is 1.85. The van der Waals surface area contributed by atoms with Crippen molar-refractivity contribution in [1.82, 2.24) is 0 Å². The van der Waals surface area contributed by atoms with E-state index >= 15 is 0 Å². The normalized spacial score (nSPS) is 16.6. The number of hydrogen-bond donors (Lipinski definition) is 0. The van der Waals surface area contributed by atoms with Gasteiger partial charge in [-0.25, -0.2) is 0 Å². The van der Waals surface area contributed by atoms with Crippen molar-refractivity contribution in [2.75, 3.05) is 0 Å². The summed E-state index contributed by atoms with van der Waals surface area (Å²) in [5.41, 5.74) is 0.864. The molecule has 0 saturated heterocycles. The molecule has 2 rings (SSSR count). The van der Waals surface area contributed by atoms with Crippen molar-refractivity contribution in [1.29, 1.82) is 0 Å². The summed E-state index contributed by atoms with van der Waals surface area (Å²) in [6.45, 7) is 8.24. The van der Waals surface area contributed by atoms with Gasteiger partial charge in [-0.05, 0) is 6.07 Å². The molecule has 0 aliphatic carbocycles. The lowest BCUT2D eigenvalue weighted by Gasteiger charge is -2.10. The first-order valence-corrected chi connectivity index (χ1v) is 4.98. The molecule has 0 aromatic carbocycles. The molecular formula is C12H17NO. The Morgan fingerprint density at radius 2 is 2.00 bits per heavy atom. The van der Waals surface area contributed by atoms with Gasteiger partial charge < -0.3 is 4.42 Å². The van der Waals surface area contributed by atoms with Crippen LogP contribution in [-0.2, 0) is 0 Å². The molecule has 1 aromatic heterocycles. The third-order valence-corrected chi connectivity index (χ3v) is 1.85. The highest BCUT2D eigenvalue weighted by Gasteiger charge is 2.11. The fourth-order valence-electron chi connectivity index (χ4n) is 1.29. The molecule has 0 bridgehead atoms. The molecule has 0 fully saturated rings. The summed E-state index contributed by atoms with van der Waals surface area (Å²) in [4.78, 5) is 4.16. The van der Waals surface area contributed by atoms with Gasteiger partial charge in [0.15, 0.2) is 5.42 Å². The topological polar surface area (TPSA) is 25.5 Å². The molecule has 0 saturated carbocycles. The zero-order valence-corrected chi connectivity index (χ0v) is 9.24. The van der Waals surface area contributed by atoms with Crippen molar-refractivity contribution < 1.29 is 4.42 Å². The van der Waals surface area contributed by atoms with Gasteiger partial charge in [0.2, 0.25) is 0 Å². The summed E-state index contributed by atoms with van der Waals surface area (Å²) < 4.78 is 5.23. The molecule has 0 radical (unpaired) electrons. The minimum Gasteiger partial charge on any atom is -0.463 e. The lowest BCUT2D eigenvalue weighted by atomic mass is 9.94. The molecule has 76 valence electrons. The molecule has 2 heterocycles. The number of nitrogens with zero attached hydrogens (tertiary/aromatic N) is 1. The van der Waals surface area contributed by atoms with E-state index in [-0.39, 0.29) is 5.41 Å². The maximum Gasteiger partial charge on any atom is 0.151 e. The van der Waals surface area contributed by atoms with Crippen molar-refractivity contribution in [2.45, 2.75) is 27.7 Å². The quantitative estimate of drug-likeness (QED) is 0.615. The summed E-state index contributed by atoms with van der Waals surface area (Å²) in [5.74, 6) is 0. The first-order chi connectivity index (χ1) is 6.67. The van der Waals surface area contributed by atoms with Crippen LogP contribution in [0.4, 0.5) is 0 Å². The summed E-state index contributed by atoms with van der Waals surface area (Å²) in [6, 6.07) is 1.96. The van der Waals surface area contributed by atoms with Gasteiger partial charge in [0.25, 0.3) is 0 Å². The fourth-order valence-corrected chi connectivity index (χ4v) is 1.29. The number of furan rings is 1. The summed E-state index contributed by atoms with van der Waals surface area (Å²) in [5, 5.41) is 1.12. The Morgan fingerprint density at radius 3 is 2.71 bits per heavy atom. The van der Waals surface area contributed by atoms with E-state index in [1.54, 1.807) is 12.5 Å². The average molecular weight is 191 g/mol. The summed E-state index contributed by atoms with van der Waals surface area (Å²) in [7, 11) is 0. The van der Waals surface area contributed by atoms with Crippen molar-refractivity contribution >= 4 is 18.5 Å². The smallest absolute Gasteiger partial charge is 0.151 e. The molecule has 1 aliphatic rings. The molecule has 0 N–H and O–H groups in total. The first kappa shape index (κ1) is 10.8. The van der Waals surface area contributed by atoms with Crippen LogP contribution < -0.4 is 10.6 Å². The molecule has 0 spiro atoms. The number of aliphatic imine (C=N–C) groups is 1. The molecule has 14 heavy (non-hydrogen) atoms. The number of hydrogen-bond acceptors (Lipinski definition) is 2. The van der Waals surface area contributed by atoms with Crippen LogP contribution >= 0.6 is 0 Å². The Balaban J connectivity index is 0.000000461. The zero-order valence-electron chi connectivity index (χ0n) is 9.24. The van der Waals surface area contributed by atoms with E-state index in [1.807, 2.05) is 26.1 Å². The zero-order chi connectivity index (χ0) is 10.6. The predicted molar refractivity (Wildman–Crippen MR) is 60.5 cm³/mol. The van der Waals surface area contributed by atoms with Gasteiger partial charge in [-0.2, -0.15) is 0 Å². The largest absolute Gasteiger partial charge is 0.463 e. The molecule has 1 aliphatic heterocycles. The molecule has 0 unspecified atom stereocenters. The lowest BCUT2D eigenvalue weighted by Crippen LogP contribution is -2.21. The van der Waals surface area contributed by atoms with Gasteiger partial charge in [-0.1, -0.05) is 33.8 Å². The number of fused-ring (bicyclic) bond motifs is 1. The van der Waals surface area contributed by atoms with Crippen molar-refractivity contribution in [3.05, 3.63) is 23.0 Å². The number of rotatable bonds is 0. The van der Waals surface area contributed by atoms with Crippen LogP contribution in [0, 0.1) is 5.41 Å². The van der Waals surface area contributed by atoms with Crippen LogP contribution in [0.5, 0.6) is 0 Å². The van der Waals surface area contributed by atoms with Crippen LogP contribution in [0.15, 0.2) is 21.7 Å². The highest BCUT2D eigenvalue weighted by Crippen LogP contribution is 2.13. The van der Waals surface area contributed by atoms with E-state index in [0.29, 0.717) is 0 Å². The fraction of sp³-hybridized carbons (Fsp3) is 0.417. The molecule has 0 atom stereocenters. The second kappa shape index (κ2) is 4.27. The average Bonchev–Trinajstić information content (AvgIpc) is 2.50. The maximum absolute atomic E-state index is 5.23. The Labute approximate surface area is 84.7 Å². The highest BCUT2D eigenvalue weighted by atomic mass is 16.3. The van der Waals surface area contributed by atoms with Crippen molar-refractivity contribution in [3.8, 4) is 0 Å². The molecule has 2 heteroatoms. The monoisotopic (exact) mass is 191 g/mol. The van der Waals surface area contributed by atoms with Crippen LogP contribution in [0.2, 0.25) is 0 Å². The van der Waals surface area contributed by atoms with Crippen LogP contribution in [-0.4, -0.2) is 6.21 Å². The lowest BCUT2D eigenvalue weighted by molar-refractivity contribution is 0.530. The SMILES string of the molecule is CC.CC1(C)C=NC=c2occc2=C1. The van der Waals surface area contributed by atoms with E-state index in [1.165, 1.54) is 0 Å². The van der Waals surface area contributed by atoms with Crippen LogP contribution in [0.3, 0.4) is 0 Å². The Bertz CT molecular complexity index is 423. The standard InChI is InChI=1S/C10H11NO.C2H6/c1-10(2)5-8-3-4-12-9(8)6-11-7-10;1-2/h3-7H,1-2H3;1-2H3. The van der Waals surface area contributed by atoms with Gasteiger partial charge in [-0.3, -0.25) is 4.99 Å². The third kappa shape index (κ3) is 2.34. The highest BCUT2D eigenvalue weighted by molar-refractivity contribution is 5.76. The van der Waals surface area contributed by atoms with Gasteiger partial charge >= 0.3 is 0 Å². The second-order valence-electron chi connectivity index (χ2n) is 3.61.